The van der Waals surface area contributed by atoms with Gasteiger partial charge in [0.1, 0.15) is 10.8 Å². The lowest BCUT2D eigenvalue weighted by Gasteiger charge is -2.04. The monoisotopic (exact) mass is 213 g/mol. The quantitative estimate of drug-likeness (QED) is 0.725. The van der Waals surface area contributed by atoms with Crippen molar-refractivity contribution >= 4 is 17.7 Å². The van der Waals surface area contributed by atoms with E-state index in [-0.39, 0.29) is 16.3 Å². The Morgan fingerprint density at radius 1 is 1.64 bits per heavy atom. The van der Waals surface area contributed by atoms with Gasteiger partial charge < -0.3 is 10.5 Å². The molecule has 72 valence electrons. The van der Waals surface area contributed by atoms with E-state index in [4.69, 9.17) is 23.8 Å². The second-order valence-electron chi connectivity index (χ2n) is 2.34. The van der Waals surface area contributed by atoms with Gasteiger partial charge >= 0.3 is 6.09 Å². The van der Waals surface area contributed by atoms with Gasteiger partial charge in [0.05, 0.1) is 0 Å². The van der Waals surface area contributed by atoms with Crippen LogP contribution >= 0.6 is 11.6 Å². The zero-order valence-electron chi connectivity index (χ0n) is 6.88. The molecule has 0 unspecified atom stereocenters. The Bertz CT molecular complexity index is 426. The summed E-state index contributed by atoms with van der Waals surface area (Å²) in [6.07, 6.45) is 3.95. The largest absolute Gasteiger partial charge is 0.410 e. The van der Waals surface area contributed by atoms with Gasteiger partial charge in [0.15, 0.2) is 5.75 Å². The van der Waals surface area contributed by atoms with Gasteiger partial charge in [-0.1, -0.05) is 17.5 Å². The average Bonchev–Trinajstić information content (AvgIpc) is 2.11. The highest BCUT2D eigenvalue weighted by atomic mass is 35.5. The van der Waals surface area contributed by atoms with E-state index in [0.29, 0.717) is 0 Å². The number of rotatable bonds is 1. The Kier molecular flexibility index (Phi) is 2.95. The smallest absolute Gasteiger partial charge is 0.409 e. The number of benzene rings is 1. The van der Waals surface area contributed by atoms with E-state index in [1.165, 1.54) is 6.07 Å². The molecule has 14 heavy (non-hydrogen) atoms. The Morgan fingerprint density at radius 2 is 2.29 bits per heavy atom. The maximum atomic E-state index is 13.0. The van der Waals surface area contributed by atoms with Crippen molar-refractivity contribution in [2.75, 3.05) is 0 Å². The molecule has 2 N–H and O–H groups in total. The Balaban J connectivity index is 3.21. The number of terminal acetylenes is 1. The number of nitrogens with two attached hydrogens (primary N) is 1. The summed E-state index contributed by atoms with van der Waals surface area (Å²) in [7, 11) is 0. The van der Waals surface area contributed by atoms with Crippen LogP contribution in [0.2, 0.25) is 5.02 Å². The first-order valence-corrected chi connectivity index (χ1v) is 3.85. The number of halogens is 2. The van der Waals surface area contributed by atoms with Gasteiger partial charge in [0.25, 0.3) is 0 Å². The fourth-order valence-electron chi connectivity index (χ4n) is 0.830. The number of hydrogen-bond acceptors (Lipinski definition) is 2. The lowest BCUT2D eigenvalue weighted by molar-refractivity contribution is 0.210. The van der Waals surface area contributed by atoms with Crippen LogP contribution in [-0.2, 0) is 0 Å². The van der Waals surface area contributed by atoms with Gasteiger partial charge in [-0.3, -0.25) is 0 Å². The van der Waals surface area contributed by atoms with Crippen LogP contribution in [-0.4, -0.2) is 6.09 Å². The Morgan fingerprint density at radius 3 is 2.79 bits per heavy atom. The van der Waals surface area contributed by atoms with E-state index in [0.717, 1.165) is 6.07 Å². The summed E-state index contributed by atoms with van der Waals surface area (Å²) in [5.74, 6) is 1.22. The predicted molar refractivity (Wildman–Crippen MR) is 49.6 cm³/mol. The van der Waals surface area contributed by atoms with Crippen molar-refractivity contribution < 1.29 is 13.9 Å². The van der Waals surface area contributed by atoms with Crippen LogP contribution in [0, 0.1) is 18.2 Å². The van der Waals surface area contributed by atoms with Crippen LogP contribution in [0.4, 0.5) is 9.18 Å². The van der Waals surface area contributed by atoms with Crippen LogP contribution in [0.1, 0.15) is 5.56 Å². The van der Waals surface area contributed by atoms with Crippen molar-refractivity contribution in [1.29, 1.82) is 0 Å². The minimum atomic E-state index is -1.08. The maximum absolute atomic E-state index is 13.0. The number of primary amides is 1. The zero-order chi connectivity index (χ0) is 10.7. The van der Waals surface area contributed by atoms with Crippen molar-refractivity contribution in [2.45, 2.75) is 0 Å². The molecule has 0 radical (unpaired) electrons. The minimum Gasteiger partial charge on any atom is -0.409 e. The number of carbonyl (C=O) groups excluding carboxylic acids is 1. The van der Waals surface area contributed by atoms with Crippen LogP contribution < -0.4 is 10.5 Å². The Labute approximate surface area is 84.6 Å². The molecule has 0 saturated carbocycles. The molecule has 0 bridgehead atoms. The van der Waals surface area contributed by atoms with Gasteiger partial charge in [0.2, 0.25) is 0 Å². The van der Waals surface area contributed by atoms with Crippen molar-refractivity contribution in [1.82, 2.24) is 0 Å². The SMILES string of the molecule is C#Cc1cc(F)c(Cl)c(OC(N)=O)c1. The second kappa shape index (κ2) is 3.99. The van der Waals surface area contributed by atoms with Gasteiger partial charge in [-0.2, -0.15) is 0 Å². The number of carbonyl (C=O) groups is 1. The molecule has 0 fully saturated rings. The van der Waals surface area contributed by atoms with Gasteiger partial charge in [-0.05, 0) is 12.1 Å². The summed E-state index contributed by atoms with van der Waals surface area (Å²) in [5.41, 5.74) is 4.95. The molecule has 0 aromatic heterocycles. The fourth-order valence-corrected chi connectivity index (χ4v) is 0.978. The summed E-state index contributed by atoms with van der Waals surface area (Å²) < 4.78 is 17.5. The first-order valence-electron chi connectivity index (χ1n) is 3.47. The molecule has 5 heteroatoms. The van der Waals surface area contributed by atoms with Crippen LogP contribution in [0.25, 0.3) is 0 Å². The van der Waals surface area contributed by atoms with Crippen LogP contribution in [0.5, 0.6) is 5.75 Å². The molecule has 1 aromatic carbocycles. The number of hydrogen-bond donors (Lipinski definition) is 1. The predicted octanol–water partition coefficient (Wildman–Crippen LogP) is 1.92. The highest BCUT2D eigenvalue weighted by Crippen LogP contribution is 2.28. The third-order valence-corrected chi connectivity index (χ3v) is 1.74. The zero-order valence-corrected chi connectivity index (χ0v) is 7.64. The standard InChI is InChI=1S/C9H5ClFNO2/c1-2-5-3-6(11)8(10)7(4-5)14-9(12)13/h1,3-4H,(H2,12,13). The first-order chi connectivity index (χ1) is 6.54. The summed E-state index contributed by atoms with van der Waals surface area (Å²) in [6, 6.07) is 2.30. The molecule has 0 aliphatic heterocycles. The molecular formula is C9H5ClFNO2. The minimum absolute atomic E-state index is 0.188. The molecule has 1 rings (SSSR count). The van der Waals surface area contributed by atoms with Crippen molar-refractivity contribution in [2.24, 2.45) is 5.73 Å². The fraction of sp³-hybridized carbons (Fsp3) is 0. The maximum Gasteiger partial charge on any atom is 0.410 e. The van der Waals surface area contributed by atoms with E-state index in [2.05, 4.69) is 10.7 Å². The van der Waals surface area contributed by atoms with Gasteiger partial charge in [-0.25, -0.2) is 9.18 Å². The highest BCUT2D eigenvalue weighted by molar-refractivity contribution is 6.32. The average molecular weight is 214 g/mol. The summed E-state index contributed by atoms with van der Waals surface area (Å²) in [4.78, 5) is 10.4. The molecule has 0 aliphatic rings. The number of amides is 1. The highest BCUT2D eigenvalue weighted by Gasteiger charge is 2.11. The third kappa shape index (κ3) is 2.15. The van der Waals surface area contributed by atoms with E-state index in [1.807, 2.05) is 0 Å². The van der Waals surface area contributed by atoms with Crippen molar-refractivity contribution in [3.8, 4) is 18.1 Å². The lowest BCUT2D eigenvalue weighted by atomic mass is 10.2. The molecule has 3 nitrogen and oxygen atoms in total. The normalized spacial score (nSPS) is 9.21. The molecule has 1 aromatic rings. The van der Waals surface area contributed by atoms with E-state index in [1.54, 1.807) is 0 Å². The van der Waals surface area contributed by atoms with Crippen LogP contribution in [0.15, 0.2) is 12.1 Å². The van der Waals surface area contributed by atoms with Crippen molar-refractivity contribution in [3.05, 3.63) is 28.5 Å². The third-order valence-electron chi connectivity index (χ3n) is 1.37. The van der Waals surface area contributed by atoms with E-state index < -0.39 is 11.9 Å². The molecule has 0 saturated heterocycles. The van der Waals surface area contributed by atoms with E-state index >= 15 is 0 Å². The molecular weight excluding hydrogens is 209 g/mol. The molecule has 1 amide bonds. The van der Waals surface area contributed by atoms with E-state index in [9.17, 15) is 9.18 Å². The van der Waals surface area contributed by atoms with Gasteiger partial charge in [-0.15, -0.1) is 6.42 Å². The number of ether oxygens (including phenoxy) is 1. The van der Waals surface area contributed by atoms with Gasteiger partial charge in [0, 0.05) is 5.56 Å². The Hall–Kier alpha value is -1.73. The lowest BCUT2D eigenvalue weighted by Crippen LogP contribution is -2.16. The molecule has 0 atom stereocenters. The first kappa shape index (κ1) is 10.4. The summed E-state index contributed by atoms with van der Waals surface area (Å²) in [5, 5.41) is -0.331. The second-order valence-corrected chi connectivity index (χ2v) is 2.71. The van der Waals surface area contributed by atoms with Crippen LogP contribution in [0.3, 0.4) is 0 Å². The molecule has 0 aliphatic carbocycles. The molecule has 0 heterocycles. The van der Waals surface area contributed by atoms with Crippen molar-refractivity contribution in [3.63, 3.8) is 0 Å². The molecule has 0 spiro atoms. The summed E-state index contributed by atoms with van der Waals surface area (Å²) >= 11 is 5.49. The topological polar surface area (TPSA) is 52.3 Å². The summed E-state index contributed by atoms with van der Waals surface area (Å²) in [6.45, 7) is 0.